The standard InChI is InChI=1S/C23H27F2N2O2/c1-2-17-7-11-19(12-8-17)27-21-6-4-3-5-15-26(21)16-23(27,28)18-9-13-20(14-10-18)29-22(24)25/h7-14,22,28H,2-6,15-16H2,1H3/q+1. The van der Waals surface area contributed by atoms with Crippen molar-refractivity contribution in [2.45, 2.75) is 51.4 Å². The van der Waals surface area contributed by atoms with Gasteiger partial charge in [-0.25, -0.2) is 0 Å². The van der Waals surface area contributed by atoms with Crippen LogP contribution in [-0.4, -0.2) is 35.2 Å². The summed E-state index contributed by atoms with van der Waals surface area (Å²) in [6.45, 7) is 0.615. The number of hydrogen-bond donors (Lipinski definition) is 1. The van der Waals surface area contributed by atoms with E-state index >= 15 is 0 Å². The van der Waals surface area contributed by atoms with Crippen molar-refractivity contribution in [3.8, 4) is 5.75 Å². The van der Waals surface area contributed by atoms with Gasteiger partial charge in [0, 0.05) is 12.0 Å². The molecule has 1 N–H and O–H groups in total. The van der Waals surface area contributed by atoms with Gasteiger partial charge in [-0.1, -0.05) is 19.1 Å². The van der Waals surface area contributed by atoms with E-state index < -0.39 is 12.3 Å². The second-order valence-electron chi connectivity index (χ2n) is 7.72. The summed E-state index contributed by atoms with van der Waals surface area (Å²) in [6.07, 6.45) is 5.24. The summed E-state index contributed by atoms with van der Waals surface area (Å²) in [6, 6.07) is 14.6. The summed E-state index contributed by atoms with van der Waals surface area (Å²) in [4.78, 5) is 2.03. The Balaban J connectivity index is 1.73. The highest BCUT2D eigenvalue weighted by Gasteiger charge is 2.54. The van der Waals surface area contributed by atoms with E-state index in [9.17, 15) is 13.9 Å². The molecule has 4 nitrogen and oxygen atoms in total. The summed E-state index contributed by atoms with van der Waals surface area (Å²) in [5.41, 5.74) is 1.59. The van der Waals surface area contributed by atoms with Crippen molar-refractivity contribution < 1.29 is 23.2 Å². The summed E-state index contributed by atoms with van der Waals surface area (Å²) < 4.78 is 31.7. The van der Waals surface area contributed by atoms with E-state index in [2.05, 4.69) is 40.5 Å². The molecule has 0 saturated heterocycles. The van der Waals surface area contributed by atoms with Gasteiger partial charge in [0.1, 0.15) is 11.4 Å². The quantitative estimate of drug-likeness (QED) is 0.750. The smallest absolute Gasteiger partial charge is 0.387 e. The van der Waals surface area contributed by atoms with Gasteiger partial charge in [0.25, 0.3) is 11.6 Å². The lowest BCUT2D eigenvalue weighted by molar-refractivity contribution is -0.534. The van der Waals surface area contributed by atoms with Gasteiger partial charge in [0.2, 0.25) is 0 Å². The van der Waals surface area contributed by atoms with Crippen LogP contribution in [0.2, 0.25) is 0 Å². The van der Waals surface area contributed by atoms with Gasteiger partial charge in [-0.05, 0) is 67.6 Å². The van der Waals surface area contributed by atoms with E-state index in [0.29, 0.717) is 12.1 Å². The molecule has 2 aromatic carbocycles. The van der Waals surface area contributed by atoms with Crippen LogP contribution < -0.4 is 9.64 Å². The van der Waals surface area contributed by atoms with Crippen LogP contribution in [0.15, 0.2) is 48.5 Å². The van der Waals surface area contributed by atoms with E-state index in [0.717, 1.165) is 43.8 Å². The minimum absolute atomic E-state index is 0.0892. The molecule has 2 aromatic rings. The first kappa shape index (κ1) is 19.8. The number of nitrogens with zero attached hydrogens (tertiary/aromatic N) is 2. The van der Waals surface area contributed by atoms with Crippen molar-refractivity contribution in [3.63, 3.8) is 0 Å². The predicted octanol–water partition coefficient (Wildman–Crippen LogP) is 4.50. The molecule has 0 aromatic heterocycles. The predicted molar refractivity (Wildman–Crippen MR) is 109 cm³/mol. The molecule has 0 saturated carbocycles. The van der Waals surface area contributed by atoms with Gasteiger partial charge in [0.15, 0.2) is 6.54 Å². The van der Waals surface area contributed by atoms with Crippen LogP contribution in [0, 0.1) is 0 Å². The van der Waals surface area contributed by atoms with E-state index in [1.165, 1.54) is 24.1 Å². The first-order valence-corrected chi connectivity index (χ1v) is 10.3. The molecule has 2 heterocycles. The summed E-state index contributed by atoms with van der Waals surface area (Å²) >= 11 is 0. The average molecular weight is 401 g/mol. The molecule has 0 amide bonds. The van der Waals surface area contributed by atoms with Crippen molar-refractivity contribution in [2.24, 2.45) is 0 Å². The molecule has 4 rings (SSSR count). The van der Waals surface area contributed by atoms with Crippen molar-refractivity contribution in [1.29, 1.82) is 0 Å². The molecule has 154 valence electrons. The lowest BCUT2D eigenvalue weighted by atomic mass is 9.99. The van der Waals surface area contributed by atoms with Gasteiger partial charge in [-0.2, -0.15) is 13.7 Å². The molecule has 2 aliphatic rings. The number of halogens is 2. The summed E-state index contributed by atoms with van der Waals surface area (Å²) in [7, 11) is 0. The SMILES string of the molecule is CCc1ccc(N2C3=[N+](CCCCC3)CC2(O)c2ccc(OC(F)F)cc2)cc1. The van der Waals surface area contributed by atoms with Crippen LogP contribution in [0.3, 0.4) is 0 Å². The fourth-order valence-corrected chi connectivity index (χ4v) is 4.39. The zero-order valence-corrected chi connectivity index (χ0v) is 16.7. The second kappa shape index (κ2) is 8.11. The Morgan fingerprint density at radius 2 is 1.79 bits per heavy atom. The van der Waals surface area contributed by atoms with Crippen molar-refractivity contribution in [2.75, 3.05) is 18.0 Å². The largest absolute Gasteiger partial charge is 0.435 e. The van der Waals surface area contributed by atoms with Crippen molar-refractivity contribution in [1.82, 2.24) is 0 Å². The molecule has 1 atom stereocenters. The Kier molecular flexibility index (Phi) is 5.54. The molecule has 0 aliphatic carbocycles. The van der Waals surface area contributed by atoms with Crippen LogP contribution in [-0.2, 0) is 12.1 Å². The highest BCUT2D eigenvalue weighted by Crippen LogP contribution is 2.38. The van der Waals surface area contributed by atoms with Crippen LogP contribution in [0.1, 0.15) is 43.7 Å². The van der Waals surface area contributed by atoms with Gasteiger partial charge >= 0.3 is 6.61 Å². The third-order valence-corrected chi connectivity index (χ3v) is 5.88. The minimum Gasteiger partial charge on any atom is -0.435 e. The minimum atomic E-state index is -2.86. The molecular formula is C23H27F2N2O2+. The zero-order valence-electron chi connectivity index (χ0n) is 16.7. The average Bonchev–Trinajstić information content (AvgIpc) is 2.84. The third kappa shape index (κ3) is 3.86. The Morgan fingerprint density at radius 1 is 1.07 bits per heavy atom. The Labute approximate surface area is 170 Å². The van der Waals surface area contributed by atoms with Crippen LogP contribution >= 0.6 is 0 Å². The maximum atomic E-state index is 12.5. The van der Waals surface area contributed by atoms with Gasteiger partial charge in [0.05, 0.1) is 6.54 Å². The number of benzene rings is 2. The summed E-state index contributed by atoms with van der Waals surface area (Å²) in [5.74, 6) is 1.22. The van der Waals surface area contributed by atoms with Gasteiger partial charge in [-0.15, -0.1) is 0 Å². The molecule has 0 fully saturated rings. The molecule has 2 aliphatic heterocycles. The fourth-order valence-electron chi connectivity index (χ4n) is 4.39. The van der Waals surface area contributed by atoms with Crippen LogP contribution in [0.5, 0.6) is 5.75 Å². The van der Waals surface area contributed by atoms with E-state index in [1.807, 2.05) is 4.90 Å². The monoisotopic (exact) mass is 401 g/mol. The number of ether oxygens (including phenoxy) is 1. The second-order valence-corrected chi connectivity index (χ2v) is 7.72. The van der Waals surface area contributed by atoms with Gasteiger partial charge in [-0.3, -0.25) is 4.58 Å². The van der Waals surface area contributed by atoms with Crippen LogP contribution in [0.25, 0.3) is 0 Å². The Hall–Kier alpha value is -2.47. The first-order valence-electron chi connectivity index (χ1n) is 10.3. The fraction of sp³-hybridized carbons (Fsp3) is 0.435. The summed E-state index contributed by atoms with van der Waals surface area (Å²) in [5, 5.41) is 11.9. The number of alkyl halides is 2. The first-order chi connectivity index (χ1) is 14.0. The maximum absolute atomic E-state index is 12.5. The van der Waals surface area contributed by atoms with Crippen molar-refractivity contribution >= 4 is 11.5 Å². The molecular weight excluding hydrogens is 374 g/mol. The Morgan fingerprint density at radius 3 is 2.45 bits per heavy atom. The van der Waals surface area contributed by atoms with E-state index in [-0.39, 0.29) is 5.75 Å². The lowest BCUT2D eigenvalue weighted by Crippen LogP contribution is -2.47. The number of anilines is 1. The van der Waals surface area contributed by atoms with Crippen LogP contribution in [0.4, 0.5) is 14.5 Å². The number of hydrogen-bond acceptors (Lipinski definition) is 3. The van der Waals surface area contributed by atoms with E-state index in [1.54, 1.807) is 12.1 Å². The number of aryl methyl sites for hydroxylation is 1. The third-order valence-electron chi connectivity index (χ3n) is 5.88. The normalized spacial score (nSPS) is 22.0. The highest BCUT2D eigenvalue weighted by atomic mass is 19.3. The lowest BCUT2D eigenvalue weighted by Gasteiger charge is -2.29. The Bertz CT molecular complexity index is 881. The molecule has 29 heavy (non-hydrogen) atoms. The molecule has 0 bridgehead atoms. The maximum Gasteiger partial charge on any atom is 0.387 e. The van der Waals surface area contributed by atoms with E-state index in [4.69, 9.17) is 0 Å². The number of rotatable bonds is 5. The highest BCUT2D eigenvalue weighted by molar-refractivity contribution is 5.97. The molecule has 0 radical (unpaired) electrons. The van der Waals surface area contributed by atoms with Crippen molar-refractivity contribution in [3.05, 3.63) is 59.7 Å². The zero-order chi connectivity index (χ0) is 20.4. The number of aliphatic hydroxyl groups is 1. The van der Waals surface area contributed by atoms with Gasteiger partial charge < -0.3 is 9.84 Å². The molecule has 1 unspecified atom stereocenters. The number of amidine groups is 1. The molecule has 6 heteroatoms. The topological polar surface area (TPSA) is 35.7 Å². The molecule has 0 spiro atoms.